The number of rotatable bonds is 2. The van der Waals surface area contributed by atoms with Gasteiger partial charge in [-0.05, 0) is 11.5 Å². The standard InChI is InChI=1S/C17H7F6N/c18-12-11(13(19)15(21)16(22)14(12)20)17(23)24-10-7-3-5-8-4-1-2-6-9(8)10/h1-7H. The first-order valence-electron chi connectivity index (χ1n) is 6.65. The minimum atomic E-state index is -2.35. The molecule has 0 saturated heterocycles. The van der Waals surface area contributed by atoms with Crippen molar-refractivity contribution >= 4 is 22.4 Å². The second-order valence-corrected chi connectivity index (χ2v) is 4.85. The Morgan fingerprint density at radius 3 is 1.88 bits per heavy atom. The Bertz CT molecular complexity index is 946. The molecular formula is C17H7F6N. The van der Waals surface area contributed by atoms with E-state index in [9.17, 15) is 26.3 Å². The van der Waals surface area contributed by atoms with Crippen molar-refractivity contribution in [2.24, 2.45) is 4.99 Å². The molecule has 0 radical (unpaired) electrons. The summed E-state index contributed by atoms with van der Waals surface area (Å²) in [6.07, 6.45) is 0. The Morgan fingerprint density at radius 1 is 0.667 bits per heavy atom. The molecule has 3 aromatic carbocycles. The number of aliphatic imine (C=N–C) groups is 1. The van der Waals surface area contributed by atoms with Crippen molar-refractivity contribution in [1.82, 2.24) is 0 Å². The fourth-order valence-corrected chi connectivity index (χ4v) is 2.25. The smallest absolute Gasteiger partial charge is 0.219 e. The number of benzene rings is 3. The maximum Gasteiger partial charge on any atom is 0.226 e. The molecule has 0 bridgehead atoms. The minimum absolute atomic E-state index is 0.00505. The molecule has 0 N–H and O–H groups in total. The van der Waals surface area contributed by atoms with Crippen molar-refractivity contribution in [2.45, 2.75) is 0 Å². The predicted molar refractivity (Wildman–Crippen MR) is 77.5 cm³/mol. The van der Waals surface area contributed by atoms with Crippen LogP contribution in [0, 0.1) is 29.1 Å². The van der Waals surface area contributed by atoms with Crippen LogP contribution in [0.2, 0.25) is 0 Å². The van der Waals surface area contributed by atoms with Crippen LogP contribution in [-0.4, -0.2) is 5.97 Å². The lowest BCUT2D eigenvalue weighted by Gasteiger charge is -2.06. The van der Waals surface area contributed by atoms with E-state index in [4.69, 9.17) is 0 Å². The Kier molecular flexibility index (Phi) is 4.01. The molecule has 24 heavy (non-hydrogen) atoms. The highest BCUT2D eigenvalue weighted by Crippen LogP contribution is 2.29. The molecule has 3 rings (SSSR count). The third-order valence-electron chi connectivity index (χ3n) is 3.40. The quantitative estimate of drug-likeness (QED) is 0.250. The van der Waals surface area contributed by atoms with E-state index in [2.05, 4.69) is 4.99 Å². The van der Waals surface area contributed by atoms with Crippen LogP contribution in [-0.2, 0) is 0 Å². The minimum Gasteiger partial charge on any atom is -0.219 e. The van der Waals surface area contributed by atoms with Crippen molar-refractivity contribution in [1.29, 1.82) is 0 Å². The summed E-state index contributed by atoms with van der Waals surface area (Å²) in [6.45, 7) is 0. The molecule has 0 unspecified atom stereocenters. The zero-order valence-corrected chi connectivity index (χ0v) is 11.8. The Hall–Kier alpha value is -2.83. The molecule has 0 amide bonds. The molecule has 0 heterocycles. The summed E-state index contributed by atoms with van der Waals surface area (Å²) in [6, 6.07) is 11.2. The highest BCUT2D eigenvalue weighted by Gasteiger charge is 2.28. The van der Waals surface area contributed by atoms with Crippen LogP contribution in [0.25, 0.3) is 10.8 Å². The van der Waals surface area contributed by atoms with Gasteiger partial charge in [0.1, 0.15) is 5.56 Å². The van der Waals surface area contributed by atoms with E-state index >= 15 is 0 Å². The second kappa shape index (κ2) is 5.99. The van der Waals surface area contributed by atoms with Crippen molar-refractivity contribution in [3.05, 3.63) is 77.1 Å². The molecule has 1 nitrogen and oxygen atoms in total. The number of halogens is 6. The molecule has 0 spiro atoms. The van der Waals surface area contributed by atoms with E-state index in [1.165, 1.54) is 12.1 Å². The topological polar surface area (TPSA) is 12.4 Å². The Balaban J connectivity index is 2.22. The maximum absolute atomic E-state index is 14.2. The van der Waals surface area contributed by atoms with E-state index in [0.29, 0.717) is 10.8 Å². The fourth-order valence-electron chi connectivity index (χ4n) is 2.25. The second-order valence-electron chi connectivity index (χ2n) is 4.85. The molecule has 122 valence electrons. The zero-order chi connectivity index (χ0) is 17.4. The first kappa shape index (κ1) is 16.0. The highest BCUT2D eigenvalue weighted by atomic mass is 19.2. The van der Waals surface area contributed by atoms with Gasteiger partial charge >= 0.3 is 0 Å². The van der Waals surface area contributed by atoms with Crippen LogP contribution in [0.4, 0.5) is 32.0 Å². The van der Waals surface area contributed by atoms with Crippen molar-refractivity contribution in [3.63, 3.8) is 0 Å². The lowest BCUT2D eigenvalue weighted by atomic mass is 10.1. The van der Waals surface area contributed by atoms with Crippen LogP contribution in [0.3, 0.4) is 0 Å². The van der Waals surface area contributed by atoms with Crippen LogP contribution in [0.15, 0.2) is 47.5 Å². The van der Waals surface area contributed by atoms with Crippen LogP contribution >= 0.6 is 0 Å². The van der Waals surface area contributed by atoms with E-state index < -0.39 is 40.6 Å². The van der Waals surface area contributed by atoms with Gasteiger partial charge in [0.05, 0.1) is 5.69 Å². The van der Waals surface area contributed by atoms with E-state index in [1.54, 1.807) is 30.3 Å². The first-order chi connectivity index (χ1) is 11.4. The average Bonchev–Trinajstić information content (AvgIpc) is 2.59. The Morgan fingerprint density at radius 2 is 1.21 bits per heavy atom. The fraction of sp³-hybridized carbons (Fsp3) is 0. The van der Waals surface area contributed by atoms with Gasteiger partial charge in [-0.25, -0.2) is 26.9 Å². The molecule has 7 heteroatoms. The summed E-state index contributed by atoms with van der Waals surface area (Å²) in [5.74, 6) is -13.2. The van der Waals surface area contributed by atoms with Crippen molar-refractivity contribution in [3.8, 4) is 0 Å². The summed E-state index contributed by atoms with van der Waals surface area (Å²) < 4.78 is 80.8. The molecule has 0 fully saturated rings. The van der Waals surface area contributed by atoms with Crippen molar-refractivity contribution in [2.75, 3.05) is 0 Å². The van der Waals surface area contributed by atoms with Gasteiger partial charge in [-0.15, -0.1) is 0 Å². The van der Waals surface area contributed by atoms with Crippen LogP contribution < -0.4 is 0 Å². The average molecular weight is 339 g/mol. The SMILES string of the molecule is FC(=Nc1cccc2ccccc12)c1c(F)c(F)c(F)c(F)c1F. The van der Waals surface area contributed by atoms with Gasteiger partial charge in [0, 0.05) is 5.39 Å². The van der Waals surface area contributed by atoms with Gasteiger partial charge in [0.25, 0.3) is 0 Å². The summed E-state index contributed by atoms with van der Waals surface area (Å²) in [5.41, 5.74) is -1.70. The molecule has 0 atom stereocenters. The number of hydrogen-bond acceptors (Lipinski definition) is 1. The molecule has 3 aromatic rings. The lowest BCUT2D eigenvalue weighted by Crippen LogP contribution is -2.10. The summed E-state index contributed by atoms with van der Waals surface area (Å²) in [5, 5.41) is 1.13. The molecule has 0 aliphatic carbocycles. The van der Waals surface area contributed by atoms with Gasteiger partial charge in [-0.1, -0.05) is 36.4 Å². The first-order valence-corrected chi connectivity index (χ1v) is 6.65. The lowest BCUT2D eigenvalue weighted by molar-refractivity contribution is 0.376. The summed E-state index contributed by atoms with van der Waals surface area (Å²) in [4.78, 5) is 3.41. The van der Waals surface area contributed by atoms with Crippen LogP contribution in [0.5, 0.6) is 0 Å². The zero-order valence-electron chi connectivity index (χ0n) is 11.8. The Labute approximate surface area is 131 Å². The van der Waals surface area contributed by atoms with Gasteiger partial charge in [-0.3, -0.25) is 0 Å². The van der Waals surface area contributed by atoms with E-state index in [1.807, 2.05) is 0 Å². The molecule has 0 saturated carbocycles. The molecular weight excluding hydrogens is 332 g/mol. The number of nitrogens with zero attached hydrogens (tertiary/aromatic N) is 1. The third kappa shape index (κ3) is 2.51. The van der Waals surface area contributed by atoms with Crippen molar-refractivity contribution < 1.29 is 26.3 Å². The monoisotopic (exact) mass is 339 g/mol. The summed E-state index contributed by atoms with van der Waals surface area (Å²) in [7, 11) is 0. The molecule has 0 aromatic heterocycles. The third-order valence-corrected chi connectivity index (χ3v) is 3.40. The van der Waals surface area contributed by atoms with Gasteiger partial charge < -0.3 is 0 Å². The van der Waals surface area contributed by atoms with E-state index in [-0.39, 0.29) is 5.69 Å². The van der Waals surface area contributed by atoms with Gasteiger partial charge in [0.2, 0.25) is 11.8 Å². The highest BCUT2D eigenvalue weighted by molar-refractivity contribution is 6.00. The molecule has 0 aliphatic heterocycles. The predicted octanol–water partition coefficient (Wildman–Crippen LogP) is 5.58. The number of hydrogen-bond donors (Lipinski definition) is 0. The van der Waals surface area contributed by atoms with Gasteiger partial charge in [-0.2, -0.15) is 4.39 Å². The molecule has 0 aliphatic rings. The normalized spacial score (nSPS) is 12.0. The van der Waals surface area contributed by atoms with Gasteiger partial charge in [0.15, 0.2) is 23.3 Å². The largest absolute Gasteiger partial charge is 0.226 e. The maximum atomic E-state index is 14.2. The summed E-state index contributed by atoms with van der Waals surface area (Å²) >= 11 is 0. The van der Waals surface area contributed by atoms with E-state index in [0.717, 1.165) is 0 Å². The number of fused-ring (bicyclic) bond motifs is 1. The van der Waals surface area contributed by atoms with Crippen LogP contribution in [0.1, 0.15) is 5.56 Å².